The van der Waals surface area contributed by atoms with Gasteiger partial charge in [-0.3, -0.25) is 13.9 Å². The third-order valence-corrected chi connectivity index (χ3v) is 4.97. The number of rotatable bonds is 5. The number of aryl methyl sites for hydroxylation is 1. The molecule has 1 fully saturated rings. The average molecular weight is 366 g/mol. The maximum atomic E-state index is 12.7. The summed E-state index contributed by atoms with van der Waals surface area (Å²) in [5, 5.41) is 0. The third kappa shape index (κ3) is 3.34. The Morgan fingerprint density at radius 1 is 1.19 bits per heavy atom. The number of imidazole rings is 1. The van der Waals surface area contributed by atoms with Crippen LogP contribution in [0.4, 0.5) is 0 Å². The molecule has 0 aliphatic carbocycles. The van der Waals surface area contributed by atoms with Gasteiger partial charge in [0.2, 0.25) is 0 Å². The van der Waals surface area contributed by atoms with E-state index in [-0.39, 0.29) is 23.5 Å². The molecule has 9 heteroatoms. The van der Waals surface area contributed by atoms with Gasteiger partial charge in [-0.05, 0) is 13.8 Å². The van der Waals surface area contributed by atoms with Crippen molar-refractivity contribution in [2.45, 2.75) is 39.1 Å². The van der Waals surface area contributed by atoms with Crippen LogP contribution in [-0.2, 0) is 36.7 Å². The Labute approximate surface area is 151 Å². The molecule has 1 aliphatic heterocycles. The first-order chi connectivity index (χ1) is 12.3. The van der Waals surface area contributed by atoms with Gasteiger partial charge in [0.05, 0.1) is 6.61 Å². The minimum atomic E-state index is -0.369. The van der Waals surface area contributed by atoms with Crippen molar-refractivity contribution in [1.29, 1.82) is 0 Å². The van der Waals surface area contributed by atoms with Crippen molar-refractivity contribution in [3.05, 3.63) is 26.7 Å². The summed E-state index contributed by atoms with van der Waals surface area (Å²) in [4.78, 5) is 31.0. The number of hydrogen-bond donors (Lipinski definition) is 1. The van der Waals surface area contributed by atoms with E-state index >= 15 is 0 Å². The molecular weight excluding hydrogens is 338 g/mol. The zero-order valence-electron chi connectivity index (χ0n) is 16.1. The fourth-order valence-corrected chi connectivity index (χ4v) is 3.81. The van der Waals surface area contributed by atoms with E-state index in [4.69, 9.17) is 9.47 Å². The highest BCUT2D eigenvalue weighted by Gasteiger charge is 2.28. The maximum Gasteiger partial charge on any atom is 0.332 e. The van der Waals surface area contributed by atoms with Gasteiger partial charge in [-0.1, -0.05) is 0 Å². The molecule has 2 aromatic rings. The number of hydrogen-bond acceptors (Lipinski definition) is 5. The lowest BCUT2D eigenvalue weighted by atomic mass is 10.2. The van der Waals surface area contributed by atoms with E-state index in [0.717, 1.165) is 23.5 Å². The molecule has 0 amide bonds. The Morgan fingerprint density at radius 3 is 2.46 bits per heavy atom. The number of fused-ring (bicyclic) bond motifs is 1. The van der Waals surface area contributed by atoms with Gasteiger partial charge in [-0.25, -0.2) is 9.78 Å². The molecule has 0 bridgehead atoms. The normalized spacial score (nSPS) is 23.7. The number of nitrogens with one attached hydrogen (secondary N) is 1. The highest BCUT2D eigenvalue weighted by molar-refractivity contribution is 5.71. The van der Waals surface area contributed by atoms with Crippen LogP contribution in [0.2, 0.25) is 0 Å². The Kier molecular flexibility index (Phi) is 5.31. The van der Waals surface area contributed by atoms with Crippen LogP contribution in [0, 0.1) is 0 Å². The Bertz CT molecular complexity index is 902. The van der Waals surface area contributed by atoms with E-state index in [9.17, 15) is 9.59 Å². The summed E-state index contributed by atoms with van der Waals surface area (Å²) in [5.41, 5.74) is 0.191. The average Bonchev–Trinajstić information content (AvgIpc) is 2.93. The van der Waals surface area contributed by atoms with Crippen LogP contribution in [0.15, 0.2) is 9.59 Å². The van der Waals surface area contributed by atoms with Crippen molar-refractivity contribution in [1.82, 2.24) is 18.7 Å². The molecule has 2 aromatic heterocycles. The molecule has 0 radical (unpaired) electrons. The fourth-order valence-electron chi connectivity index (χ4n) is 3.81. The Hall–Kier alpha value is -1.97. The van der Waals surface area contributed by atoms with E-state index < -0.39 is 0 Å². The number of ether oxygens (including phenoxy) is 2. The highest BCUT2D eigenvalue weighted by Crippen LogP contribution is 2.11. The van der Waals surface area contributed by atoms with Gasteiger partial charge in [0.15, 0.2) is 17.0 Å². The van der Waals surface area contributed by atoms with E-state index in [1.54, 1.807) is 14.2 Å². The number of quaternary nitrogens is 1. The van der Waals surface area contributed by atoms with Crippen LogP contribution in [0.25, 0.3) is 11.2 Å². The molecule has 9 nitrogen and oxygen atoms in total. The molecule has 0 aromatic carbocycles. The summed E-state index contributed by atoms with van der Waals surface area (Å²) in [7, 11) is 4.77. The number of methoxy groups -OCH3 is 1. The van der Waals surface area contributed by atoms with Crippen LogP contribution < -0.4 is 16.1 Å². The summed E-state index contributed by atoms with van der Waals surface area (Å²) in [6.45, 7) is 7.57. The quantitative estimate of drug-likeness (QED) is 0.680. The second-order valence-corrected chi connectivity index (χ2v) is 7.14. The predicted octanol–water partition coefficient (Wildman–Crippen LogP) is -1.73. The Balaban J connectivity index is 2.09. The van der Waals surface area contributed by atoms with Gasteiger partial charge in [0, 0.05) is 27.7 Å². The molecule has 144 valence electrons. The second kappa shape index (κ2) is 7.34. The zero-order valence-corrected chi connectivity index (χ0v) is 16.1. The first-order valence-corrected chi connectivity index (χ1v) is 8.96. The van der Waals surface area contributed by atoms with Crippen molar-refractivity contribution in [2.75, 3.05) is 26.8 Å². The molecule has 0 spiro atoms. The third-order valence-electron chi connectivity index (χ3n) is 4.97. The summed E-state index contributed by atoms with van der Waals surface area (Å²) in [5.74, 6) is 0.798. The molecule has 0 saturated carbocycles. The van der Waals surface area contributed by atoms with Gasteiger partial charge >= 0.3 is 5.69 Å². The van der Waals surface area contributed by atoms with Crippen LogP contribution in [0.1, 0.15) is 19.7 Å². The summed E-state index contributed by atoms with van der Waals surface area (Å²) < 4.78 is 15.5. The molecule has 3 rings (SSSR count). The van der Waals surface area contributed by atoms with Gasteiger partial charge < -0.3 is 18.9 Å². The highest BCUT2D eigenvalue weighted by atomic mass is 16.5. The first-order valence-electron chi connectivity index (χ1n) is 8.96. The minimum Gasteiger partial charge on any atom is -0.383 e. The number of aromatic nitrogens is 4. The summed E-state index contributed by atoms with van der Waals surface area (Å²) in [6, 6.07) is 0. The SMILES string of the molecule is COCCn1c(C[NH+]2C[C@H](C)O[C@@H](C)C2)nc2c1c(=O)n(C)c(=O)n2C. The lowest BCUT2D eigenvalue weighted by molar-refractivity contribution is -0.929. The fraction of sp³-hybridized carbons (Fsp3) is 0.706. The molecule has 2 atom stereocenters. The summed E-state index contributed by atoms with van der Waals surface area (Å²) >= 11 is 0. The molecule has 1 saturated heterocycles. The molecule has 1 N–H and O–H groups in total. The molecular formula is C17H28N5O4+. The van der Waals surface area contributed by atoms with E-state index in [1.807, 2.05) is 4.57 Å². The molecule has 3 heterocycles. The van der Waals surface area contributed by atoms with Crippen LogP contribution in [-0.4, -0.2) is 57.7 Å². The van der Waals surface area contributed by atoms with Crippen molar-refractivity contribution < 1.29 is 14.4 Å². The van der Waals surface area contributed by atoms with E-state index in [0.29, 0.717) is 30.9 Å². The second-order valence-electron chi connectivity index (χ2n) is 7.14. The first kappa shape index (κ1) is 18.8. The van der Waals surface area contributed by atoms with Gasteiger partial charge in [-0.2, -0.15) is 0 Å². The van der Waals surface area contributed by atoms with Gasteiger partial charge in [-0.15, -0.1) is 0 Å². The topological polar surface area (TPSA) is 84.7 Å². The van der Waals surface area contributed by atoms with Crippen LogP contribution >= 0.6 is 0 Å². The minimum absolute atomic E-state index is 0.183. The Morgan fingerprint density at radius 2 is 1.85 bits per heavy atom. The number of nitrogens with zero attached hydrogens (tertiary/aromatic N) is 4. The van der Waals surface area contributed by atoms with Gasteiger partial charge in [0.25, 0.3) is 5.56 Å². The smallest absolute Gasteiger partial charge is 0.332 e. The molecule has 26 heavy (non-hydrogen) atoms. The molecule has 0 unspecified atom stereocenters. The van der Waals surface area contributed by atoms with Crippen molar-refractivity contribution in [3.63, 3.8) is 0 Å². The van der Waals surface area contributed by atoms with E-state index in [1.165, 1.54) is 16.5 Å². The standard InChI is InChI=1S/C17H27N5O4/c1-11-8-21(9-12(2)26-11)10-13-18-15-14(22(13)6-7-25-5)16(23)20(4)17(24)19(15)3/h11-12H,6-10H2,1-5H3/p+1/t11-,12-/m0/s1. The predicted molar refractivity (Wildman–Crippen MR) is 96.5 cm³/mol. The largest absolute Gasteiger partial charge is 0.383 e. The summed E-state index contributed by atoms with van der Waals surface area (Å²) in [6.07, 6.45) is 0.366. The lowest BCUT2D eigenvalue weighted by Gasteiger charge is -2.32. The molecule has 1 aliphatic rings. The van der Waals surface area contributed by atoms with Crippen LogP contribution in [0.3, 0.4) is 0 Å². The van der Waals surface area contributed by atoms with E-state index in [2.05, 4.69) is 18.8 Å². The lowest BCUT2D eigenvalue weighted by Crippen LogP contribution is -3.14. The van der Waals surface area contributed by atoms with Crippen molar-refractivity contribution in [2.24, 2.45) is 14.1 Å². The number of morpholine rings is 1. The van der Waals surface area contributed by atoms with Gasteiger partial charge in [0.1, 0.15) is 31.8 Å². The maximum absolute atomic E-state index is 12.7. The monoisotopic (exact) mass is 366 g/mol. The van der Waals surface area contributed by atoms with Crippen molar-refractivity contribution >= 4 is 11.2 Å². The van der Waals surface area contributed by atoms with Crippen molar-refractivity contribution in [3.8, 4) is 0 Å². The zero-order chi connectivity index (χ0) is 19.0. The van der Waals surface area contributed by atoms with Crippen LogP contribution in [0.5, 0.6) is 0 Å².